The molecule has 5 heteroatoms. The molecule has 0 atom stereocenters. The summed E-state index contributed by atoms with van der Waals surface area (Å²) >= 11 is 1.95. The smallest absolute Gasteiger partial charge is 0.252 e. The van der Waals surface area contributed by atoms with Gasteiger partial charge in [-0.15, -0.1) is 0 Å². The Morgan fingerprint density at radius 3 is 2.68 bits per heavy atom. The van der Waals surface area contributed by atoms with Gasteiger partial charge in [-0.3, -0.25) is 4.79 Å². The first-order chi connectivity index (χ1) is 9.06. The highest BCUT2D eigenvalue weighted by Crippen LogP contribution is 2.36. The van der Waals surface area contributed by atoms with E-state index in [1.807, 2.05) is 22.6 Å². The summed E-state index contributed by atoms with van der Waals surface area (Å²) < 4.78 is 13.6. The summed E-state index contributed by atoms with van der Waals surface area (Å²) in [6.45, 7) is 0.587. The lowest BCUT2D eigenvalue weighted by molar-refractivity contribution is 0.0880. The minimum absolute atomic E-state index is 0.105. The summed E-state index contributed by atoms with van der Waals surface area (Å²) in [6.07, 6.45) is 4.10. The van der Waals surface area contributed by atoms with Gasteiger partial charge in [0.15, 0.2) is 0 Å². The van der Waals surface area contributed by atoms with Crippen LogP contribution in [0, 0.1) is 14.8 Å². The van der Waals surface area contributed by atoms with E-state index in [4.69, 9.17) is 0 Å². The number of carbonyl (C=O) groups excluding carboxylic acids is 1. The van der Waals surface area contributed by atoms with E-state index in [9.17, 15) is 14.3 Å². The van der Waals surface area contributed by atoms with Crippen LogP contribution in [-0.2, 0) is 0 Å². The average molecular weight is 377 g/mol. The predicted octanol–water partition coefficient (Wildman–Crippen LogP) is 2.71. The molecule has 1 fully saturated rings. The molecule has 104 valence electrons. The Morgan fingerprint density at radius 1 is 1.42 bits per heavy atom. The fourth-order valence-corrected chi connectivity index (χ4v) is 3.27. The lowest BCUT2D eigenvalue weighted by atomic mass is 9.87. The highest BCUT2D eigenvalue weighted by atomic mass is 127. The number of benzene rings is 1. The zero-order valence-electron chi connectivity index (χ0n) is 10.6. The van der Waals surface area contributed by atoms with Crippen molar-refractivity contribution in [2.45, 2.75) is 25.7 Å². The number of nitrogens with one attached hydrogen (secondary N) is 1. The van der Waals surface area contributed by atoms with Crippen LogP contribution in [0.3, 0.4) is 0 Å². The zero-order chi connectivity index (χ0) is 13.9. The van der Waals surface area contributed by atoms with Crippen molar-refractivity contribution in [1.29, 1.82) is 0 Å². The highest BCUT2D eigenvalue weighted by molar-refractivity contribution is 14.1. The Bertz CT molecular complexity index is 473. The van der Waals surface area contributed by atoms with Crippen LogP contribution in [0.1, 0.15) is 36.0 Å². The molecule has 0 saturated heterocycles. The average Bonchev–Trinajstić information content (AvgIpc) is 2.85. The molecule has 1 amide bonds. The normalized spacial score (nSPS) is 17.4. The van der Waals surface area contributed by atoms with Gasteiger partial charge in [0.1, 0.15) is 5.82 Å². The maximum Gasteiger partial charge on any atom is 0.252 e. The molecule has 2 N–H and O–H groups in total. The van der Waals surface area contributed by atoms with Crippen LogP contribution in [-0.4, -0.2) is 24.2 Å². The third-order valence-electron chi connectivity index (χ3n) is 3.80. The molecule has 0 bridgehead atoms. The van der Waals surface area contributed by atoms with Gasteiger partial charge in [-0.05, 0) is 53.6 Å². The molecule has 1 aliphatic rings. The number of halogens is 2. The quantitative estimate of drug-likeness (QED) is 0.793. The summed E-state index contributed by atoms with van der Waals surface area (Å²) in [5.41, 5.74) is 0.314. The van der Waals surface area contributed by atoms with E-state index in [2.05, 4.69) is 5.32 Å². The molecule has 0 heterocycles. The van der Waals surface area contributed by atoms with Crippen LogP contribution in [0.25, 0.3) is 0 Å². The van der Waals surface area contributed by atoms with E-state index in [1.165, 1.54) is 18.2 Å². The second-order valence-corrected chi connectivity index (χ2v) is 6.33. The summed E-state index contributed by atoms with van der Waals surface area (Å²) in [6, 6.07) is 4.12. The molecule has 0 unspecified atom stereocenters. The Labute approximate surface area is 125 Å². The van der Waals surface area contributed by atoms with Crippen molar-refractivity contribution in [2.24, 2.45) is 5.41 Å². The van der Waals surface area contributed by atoms with Crippen molar-refractivity contribution in [1.82, 2.24) is 5.32 Å². The minimum Gasteiger partial charge on any atom is -0.396 e. The molecule has 3 nitrogen and oxygen atoms in total. The SMILES string of the molecule is O=C(NCC1(CO)CCCC1)c1ccc(F)cc1I. The zero-order valence-corrected chi connectivity index (χ0v) is 12.7. The predicted molar refractivity (Wildman–Crippen MR) is 79.4 cm³/mol. The summed E-state index contributed by atoms with van der Waals surface area (Å²) in [5, 5.41) is 12.4. The molecule has 1 aromatic rings. The fraction of sp³-hybridized carbons (Fsp3) is 0.500. The fourth-order valence-electron chi connectivity index (χ4n) is 2.55. The molecule has 0 spiro atoms. The Kier molecular flexibility index (Phi) is 4.78. The monoisotopic (exact) mass is 377 g/mol. The van der Waals surface area contributed by atoms with Gasteiger partial charge in [0, 0.05) is 15.5 Å². The number of rotatable bonds is 4. The van der Waals surface area contributed by atoms with Crippen molar-refractivity contribution in [2.75, 3.05) is 13.2 Å². The molecule has 1 aromatic carbocycles. The van der Waals surface area contributed by atoms with Crippen molar-refractivity contribution < 1.29 is 14.3 Å². The van der Waals surface area contributed by atoms with Gasteiger partial charge in [-0.25, -0.2) is 4.39 Å². The third-order valence-corrected chi connectivity index (χ3v) is 4.69. The third kappa shape index (κ3) is 3.45. The minimum atomic E-state index is -0.344. The summed E-state index contributed by atoms with van der Waals surface area (Å²) in [4.78, 5) is 12.1. The molecule has 1 aliphatic carbocycles. The molecule has 0 radical (unpaired) electrons. The second-order valence-electron chi connectivity index (χ2n) is 5.17. The Hall–Kier alpha value is -0.690. The highest BCUT2D eigenvalue weighted by Gasteiger charge is 2.33. The molecular weight excluding hydrogens is 360 g/mol. The number of aliphatic hydroxyl groups is 1. The first kappa shape index (κ1) is 14.7. The van der Waals surface area contributed by atoms with Crippen molar-refractivity contribution in [3.05, 3.63) is 33.1 Å². The van der Waals surface area contributed by atoms with E-state index >= 15 is 0 Å². The van der Waals surface area contributed by atoms with Gasteiger partial charge in [0.25, 0.3) is 5.91 Å². The number of carbonyl (C=O) groups is 1. The Morgan fingerprint density at radius 2 is 2.11 bits per heavy atom. The molecular formula is C14H17FINO2. The maximum atomic E-state index is 13.0. The van der Waals surface area contributed by atoms with Crippen LogP contribution in [0.15, 0.2) is 18.2 Å². The van der Waals surface area contributed by atoms with Gasteiger partial charge < -0.3 is 10.4 Å². The maximum absolute atomic E-state index is 13.0. The number of hydrogen-bond donors (Lipinski definition) is 2. The van der Waals surface area contributed by atoms with Crippen LogP contribution in [0.4, 0.5) is 4.39 Å². The van der Waals surface area contributed by atoms with Gasteiger partial charge in [-0.1, -0.05) is 12.8 Å². The lowest BCUT2D eigenvalue weighted by Gasteiger charge is -2.26. The molecule has 1 saturated carbocycles. The summed E-state index contributed by atoms with van der Waals surface area (Å²) in [5.74, 6) is -0.548. The molecule has 0 aliphatic heterocycles. The van der Waals surface area contributed by atoms with E-state index in [0.717, 1.165) is 25.7 Å². The van der Waals surface area contributed by atoms with Crippen LogP contribution < -0.4 is 5.32 Å². The number of aliphatic hydroxyl groups excluding tert-OH is 1. The van der Waals surface area contributed by atoms with Gasteiger partial charge in [-0.2, -0.15) is 0 Å². The lowest BCUT2D eigenvalue weighted by Crippen LogP contribution is -2.38. The topological polar surface area (TPSA) is 49.3 Å². The summed E-state index contributed by atoms with van der Waals surface area (Å²) in [7, 11) is 0. The van der Waals surface area contributed by atoms with Crippen LogP contribution >= 0.6 is 22.6 Å². The molecule has 19 heavy (non-hydrogen) atoms. The van der Waals surface area contributed by atoms with Gasteiger partial charge >= 0.3 is 0 Å². The van der Waals surface area contributed by atoms with E-state index < -0.39 is 0 Å². The Balaban J connectivity index is 2.01. The number of hydrogen-bond acceptors (Lipinski definition) is 2. The number of amides is 1. The van der Waals surface area contributed by atoms with Crippen molar-refractivity contribution in [3.8, 4) is 0 Å². The standard InChI is InChI=1S/C14H17FINO2/c15-10-3-4-11(12(16)7-10)13(19)17-8-14(9-18)5-1-2-6-14/h3-4,7,18H,1-2,5-6,8-9H2,(H,17,19). The first-order valence-electron chi connectivity index (χ1n) is 6.40. The van der Waals surface area contributed by atoms with Gasteiger partial charge in [0.05, 0.1) is 12.2 Å². The van der Waals surface area contributed by atoms with Gasteiger partial charge in [0.2, 0.25) is 0 Å². The van der Waals surface area contributed by atoms with E-state index in [0.29, 0.717) is 15.7 Å². The van der Waals surface area contributed by atoms with Crippen molar-refractivity contribution >= 4 is 28.5 Å². The van der Waals surface area contributed by atoms with E-state index in [1.54, 1.807) is 0 Å². The molecule has 0 aromatic heterocycles. The van der Waals surface area contributed by atoms with Crippen LogP contribution in [0.2, 0.25) is 0 Å². The van der Waals surface area contributed by atoms with Crippen molar-refractivity contribution in [3.63, 3.8) is 0 Å². The largest absolute Gasteiger partial charge is 0.396 e. The molecule has 2 rings (SSSR count). The van der Waals surface area contributed by atoms with E-state index in [-0.39, 0.29) is 23.7 Å². The van der Waals surface area contributed by atoms with Crippen LogP contribution in [0.5, 0.6) is 0 Å². The second kappa shape index (κ2) is 6.17. The first-order valence-corrected chi connectivity index (χ1v) is 7.48.